The molecule has 0 atom stereocenters. The first-order valence-electron chi connectivity index (χ1n) is 11.0. The molecule has 4 aromatic rings. The molecule has 1 N–H and O–H groups in total. The third kappa shape index (κ3) is 3.93. The lowest BCUT2D eigenvalue weighted by Gasteiger charge is -2.30. The number of imidazole rings is 1. The molecule has 1 fully saturated rings. The number of carbonyl (C=O) groups excluding carboxylic acids is 1. The number of aromatic nitrogens is 4. The van der Waals surface area contributed by atoms with Crippen molar-refractivity contribution in [3.63, 3.8) is 0 Å². The molecular weight excluding hydrogens is 400 g/mol. The van der Waals surface area contributed by atoms with Crippen molar-refractivity contribution in [2.24, 2.45) is 5.92 Å². The quantitative estimate of drug-likeness (QED) is 0.517. The third-order valence-corrected chi connectivity index (χ3v) is 6.12. The molecule has 1 aliphatic heterocycles. The fourth-order valence-corrected chi connectivity index (χ4v) is 4.19. The predicted molar refractivity (Wildman–Crippen MR) is 126 cm³/mol. The Morgan fingerprint density at radius 2 is 1.78 bits per heavy atom. The molecule has 0 aliphatic carbocycles. The zero-order chi connectivity index (χ0) is 22.1. The van der Waals surface area contributed by atoms with E-state index in [0.717, 1.165) is 47.4 Å². The van der Waals surface area contributed by atoms with Crippen molar-refractivity contribution in [3.8, 4) is 11.3 Å². The number of piperidine rings is 1. The Bertz CT molecular complexity index is 1240. The number of benzene rings is 1. The van der Waals surface area contributed by atoms with E-state index in [2.05, 4.69) is 32.3 Å². The number of pyridine rings is 1. The van der Waals surface area contributed by atoms with Crippen LogP contribution in [0.5, 0.6) is 0 Å². The van der Waals surface area contributed by atoms with Gasteiger partial charge in [-0.2, -0.15) is 0 Å². The summed E-state index contributed by atoms with van der Waals surface area (Å²) in [7, 11) is 0. The van der Waals surface area contributed by atoms with Gasteiger partial charge in [-0.1, -0.05) is 25.1 Å². The van der Waals surface area contributed by atoms with E-state index in [4.69, 9.17) is 0 Å². The largest absolute Gasteiger partial charge is 0.355 e. The molecule has 7 heteroatoms. The second-order valence-corrected chi connectivity index (χ2v) is 8.45. The standard InChI is InChI=1S/C25H26N6O/c1-17-12-15-30(16-13-17)23-11-10-21(28-29-23)19-6-8-20(9-7-19)27-25(32)24-18(2)26-22-5-3-4-14-31(22)24/h3-11,14,17H,12-13,15-16H2,1-2H3,(H,27,32). The molecule has 0 bridgehead atoms. The fourth-order valence-electron chi connectivity index (χ4n) is 4.19. The summed E-state index contributed by atoms with van der Waals surface area (Å²) in [5.74, 6) is 1.54. The number of anilines is 2. The lowest BCUT2D eigenvalue weighted by atomic mass is 9.99. The summed E-state index contributed by atoms with van der Waals surface area (Å²) in [5, 5.41) is 11.8. The van der Waals surface area contributed by atoms with E-state index in [1.54, 1.807) is 4.40 Å². The van der Waals surface area contributed by atoms with E-state index in [0.29, 0.717) is 11.4 Å². The third-order valence-electron chi connectivity index (χ3n) is 6.12. The molecule has 1 saturated heterocycles. The van der Waals surface area contributed by atoms with Crippen molar-refractivity contribution >= 4 is 23.1 Å². The summed E-state index contributed by atoms with van der Waals surface area (Å²) in [6, 6.07) is 17.4. The molecule has 3 aromatic heterocycles. The van der Waals surface area contributed by atoms with E-state index in [1.165, 1.54) is 12.8 Å². The van der Waals surface area contributed by atoms with Gasteiger partial charge < -0.3 is 10.2 Å². The second kappa shape index (κ2) is 8.42. The van der Waals surface area contributed by atoms with Crippen LogP contribution in [0, 0.1) is 12.8 Å². The molecule has 1 aromatic carbocycles. The van der Waals surface area contributed by atoms with E-state index >= 15 is 0 Å². The zero-order valence-corrected chi connectivity index (χ0v) is 18.3. The maximum Gasteiger partial charge on any atom is 0.274 e. The number of aryl methyl sites for hydroxylation is 1. The molecule has 32 heavy (non-hydrogen) atoms. The van der Waals surface area contributed by atoms with Crippen LogP contribution in [-0.4, -0.2) is 38.6 Å². The number of carbonyl (C=O) groups is 1. The summed E-state index contributed by atoms with van der Waals surface area (Å²) in [6.45, 7) is 6.22. The van der Waals surface area contributed by atoms with Crippen LogP contribution in [0.2, 0.25) is 0 Å². The minimum Gasteiger partial charge on any atom is -0.355 e. The van der Waals surface area contributed by atoms with Gasteiger partial charge in [-0.3, -0.25) is 9.20 Å². The minimum absolute atomic E-state index is 0.186. The van der Waals surface area contributed by atoms with Crippen LogP contribution in [0.3, 0.4) is 0 Å². The average molecular weight is 427 g/mol. The highest BCUT2D eigenvalue weighted by molar-refractivity contribution is 6.04. The van der Waals surface area contributed by atoms with Crippen LogP contribution < -0.4 is 10.2 Å². The van der Waals surface area contributed by atoms with Crippen molar-refractivity contribution < 1.29 is 4.79 Å². The molecule has 1 amide bonds. The first-order chi connectivity index (χ1) is 15.6. The Labute approximate surface area is 187 Å². The van der Waals surface area contributed by atoms with Crippen molar-refractivity contribution in [1.29, 1.82) is 0 Å². The minimum atomic E-state index is -0.186. The van der Waals surface area contributed by atoms with E-state index in [-0.39, 0.29) is 5.91 Å². The van der Waals surface area contributed by atoms with Gasteiger partial charge in [0.15, 0.2) is 5.82 Å². The molecule has 162 valence electrons. The molecule has 7 nitrogen and oxygen atoms in total. The number of rotatable bonds is 4. The highest BCUT2D eigenvalue weighted by Gasteiger charge is 2.18. The first kappa shape index (κ1) is 20.2. The zero-order valence-electron chi connectivity index (χ0n) is 18.3. The van der Waals surface area contributed by atoms with Gasteiger partial charge >= 0.3 is 0 Å². The number of amides is 1. The predicted octanol–water partition coefficient (Wildman–Crippen LogP) is 4.59. The second-order valence-electron chi connectivity index (χ2n) is 8.45. The van der Waals surface area contributed by atoms with Crippen LogP contribution in [0.1, 0.15) is 35.9 Å². The van der Waals surface area contributed by atoms with Gasteiger partial charge in [-0.25, -0.2) is 4.98 Å². The van der Waals surface area contributed by atoms with Gasteiger partial charge in [0, 0.05) is 30.5 Å². The van der Waals surface area contributed by atoms with Crippen LogP contribution >= 0.6 is 0 Å². The van der Waals surface area contributed by atoms with Gasteiger partial charge in [0.1, 0.15) is 11.3 Å². The molecule has 0 spiro atoms. The Hall–Kier alpha value is -3.74. The summed E-state index contributed by atoms with van der Waals surface area (Å²) in [5.41, 5.74) is 4.49. The van der Waals surface area contributed by atoms with Crippen molar-refractivity contribution in [1.82, 2.24) is 19.6 Å². The van der Waals surface area contributed by atoms with Gasteiger partial charge in [0.05, 0.1) is 11.4 Å². The molecule has 1 aliphatic rings. The van der Waals surface area contributed by atoms with Crippen LogP contribution in [-0.2, 0) is 0 Å². The van der Waals surface area contributed by atoms with Crippen molar-refractivity contribution in [2.45, 2.75) is 26.7 Å². The molecule has 0 saturated carbocycles. The normalized spacial score (nSPS) is 14.6. The van der Waals surface area contributed by atoms with Crippen LogP contribution in [0.15, 0.2) is 60.8 Å². The van der Waals surface area contributed by atoms with Gasteiger partial charge in [-0.15, -0.1) is 10.2 Å². The summed E-state index contributed by atoms with van der Waals surface area (Å²) < 4.78 is 1.80. The Morgan fingerprint density at radius 3 is 2.50 bits per heavy atom. The maximum absolute atomic E-state index is 12.9. The number of nitrogens with one attached hydrogen (secondary N) is 1. The maximum atomic E-state index is 12.9. The average Bonchev–Trinajstić information content (AvgIpc) is 3.16. The molecular formula is C25H26N6O. The van der Waals surface area contributed by atoms with Gasteiger partial charge in [0.25, 0.3) is 5.91 Å². The summed E-state index contributed by atoms with van der Waals surface area (Å²) >= 11 is 0. The highest BCUT2D eigenvalue weighted by Crippen LogP contribution is 2.24. The smallest absolute Gasteiger partial charge is 0.274 e. The highest BCUT2D eigenvalue weighted by atomic mass is 16.2. The first-order valence-corrected chi connectivity index (χ1v) is 11.0. The molecule has 5 rings (SSSR count). The Morgan fingerprint density at radius 1 is 1.00 bits per heavy atom. The topological polar surface area (TPSA) is 75.4 Å². The van der Waals surface area contributed by atoms with E-state index in [1.807, 2.05) is 67.7 Å². The number of nitrogens with zero attached hydrogens (tertiary/aromatic N) is 5. The molecule has 0 unspecified atom stereocenters. The van der Waals surface area contributed by atoms with Crippen LogP contribution in [0.25, 0.3) is 16.9 Å². The van der Waals surface area contributed by atoms with E-state index < -0.39 is 0 Å². The molecule has 0 radical (unpaired) electrons. The number of hydrogen-bond donors (Lipinski definition) is 1. The summed E-state index contributed by atoms with van der Waals surface area (Å²) in [4.78, 5) is 19.6. The monoisotopic (exact) mass is 426 g/mol. The Balaban J connectivity index is 1.29. The van der Waals surface area contributed by atoms with Gasteiger partial charge in [0.2, 0.25) is 0 Å². The SMILES string of the molecule is Cc1nc2ccccn2c1C(=O)Nc1ccc(-c2ccc(N3CCC(C)CC3)nn2)cc1. The Kier molecular flexibility index (Phi) is 5.31. The lowest BCUT2D eigenvalue weighted by Crippen LogP contribution is -2.33. The molecule has 4 heterocycles. The van der Waals surface area contributed by atoms with Crippen molar-refractivity contribution in [2.75, 3.05) is 23.3 Å². The van der Waals surface area contributed by atoms with Crippen molar-refractivity contribution in [3.05, 3.63) is 72.2 Å². The van der Waals surface area contributed by atoms with Crippen LogP contribution in [0.4, 0.5) is 11.5 Å². The summed E-state index contributed by atoms with van der Waals surface area (Å²) in [6.07, 6.45) is 4.25. The fraction of sp³-hybridized carbons (Fsp3) is 0.280. The lowest BCUT2D eigenvalue weighted by molar-refractivity contribution is 0.102. The number of fused-ring (bicyclic) bond motifs is 1. The van der Waals surface area contributed by atoms with Gasteiger partial charge in [-0.05, 0) is 62.1 Å². The van der Waals surface area contributed by atoms with E-state index in [9.17, 15) is 4.79 Å². The number of hydrogen-bond acceptors (Lipinski definition) is 5.